The summed E-state index contributed by atoms with van der Waals surface area (Å²) in [6.45, 7) is 1.13. The largest absolute Gasteiger partial charge is 0.470 e. The van der Waals surface area contributed by atoms with Crippen molar-refractivity contribution in [2.75, 3.05) is 18.5 Å². The van der Waals surface area contributed by atoms with E-state index >= 15 is 0 Å². The zero-order chi connectivity index (χ0) is 13.6. The van der Waals surface area contributed by atoms with Gasteiger partial charge in [-0.25, -0.2) is 8.78 Å². The number of ether oxygens (including phenoxy) is 1. The van der Waals surface area contributed by atoms with E-state index in [9.17, 15) is 17.6 Å². The second-order valence-electron chi connectivity index (χ2n) is 3.52. The maximum atomic E-state index is 12.6. The van der Waals surface area contributed by atoms with Gasteiger partial charge >= 0.3 is 12.3 Å². The molecule has 0 atom stereocenters. The van der Waals surface area contributed by atoms with E-state index < -0.39 is 19.0 Å². The minimum absolute atomic E-state index is 0.226. The van der Waals surface area contributed by atoms with Crippen LogP contribution in [0.2, 0.25) is 0 Å². The smallest absolute Gasteiger partial charge is 0.340 e. The Morgan fingerprint density at radius 2 is 2.11 bits per heavy atom. The van der Waals surface area contributed by atoms with E-state index in [2.05, 4.69) is 20.0 Å². The molecule has 1 heterocycles. The molecule has 0 spiro atoms. The molecule has 0 aliphatic heterocycles. The normalized spacial score (nSPS) is 11.7. The predicted octanol–water partition coefficient (Wildman–Crippen LogP) is 2.58. The summed E-state index contributed by atoms with van der Waals surface area (Å²) in [4.78, 5) is 7.50. The zero-order valence-electron chi connectivity index (χ0n) is 9.67. The summed E-state index contributed by atoms with van der Waals surface area (Å²) in [6.07, 6.45) is -0.463. The lowest BCUT2D eigenvalue weighted by molar-refractivity contribution is -0.148. The zero-order valence-corrected chi connectivity index (χ0v) is 9.67. The molecule has 1 aromatic heterocycles. The lowest BCUT2D eigenvalue weighted by Crippen LogP contribution is -2.33. The highest BCUT2D eigenvalue weighted by Crippen LogP contribution is 2.23. The van der Waals surface area contributed by atoms with Gasteiger partial charge in [-0.3, -0.25) is 4.98 Å². The van der Waals surface area contributed by atoms with Gasteiger partial charge in [0.05, 0.1) is 12.4 Å². The van der Waals surface area contributed by atoms with Crippen molar-refractivity contribution < 1.29 is 22.3 Å². The second kappa shape index (κ2) is 6.36. The lowest BCUT2D eigenvalue weighted by Gasteiger charge is -2.15. The Balaban J connectivity index is 2.57. The molecule has 0 saturated heterocycles. The van der Waals surface area contributed by atoms with Crippen molar-refractivity contribution in [3.05, 3.63) is 12.4 Å². The summed E-state index contributed by atoms with van der Waals surface area (Å²) in [5, 5.41) is 2.87. The van der Waals surface area contributed by atoms with Crippen LogP contribution in [0.3, 0.4) is 0 Å². The fourth-order valence-corrected chi connectivity index (χ4v) is 0.989. The Bertz CT molecular complexity index is 376. The maximum Gasteiger partial charge on any atom is 0.340 e. The van der Waals surface area contributed by atoms with Gasteiger partial charge in [0.2, 0.25) is 5.88 Å². The van der Waals surface area contributed by atoms with E-state index in [1.165, 1.54) is 6.20 Å². The number of anilines is 1. The van der Waals surface area contributed by atoms with E-state index in [0.717, 1.165) is 12.6 Å². The third kappa shape index (κ3) is 4.34. The Morgan fingerprint density at radius 3 is 2.72 bits per heavy atom. The molecule has 8 heteroatoms. The first-order valence-corrected chi connectivity index (χ1v) is 5.30. The number of rotatable bonds is 7. The minimum atomic E-state index is -4.20. The molecule has 0 aliphatic rings. The molecule has 1 N–H and O–H groups in total. The van der Waals surface area contributed by atoms with Gasteiger partial charge in [-0.05, 0) is 6.42 Å². The number of aromatic nitrogens is 2. The van der Waals surface area contributed by atoms with E-state index in [1.54, 1.807) is 0 Å². The van der Waals surface area contributed by atoms with E-state index in [4.69, 9.17) is 0 Å². The molecule has 1 aromatic rings. The van der Waals surface area contributed by atoms with E-state index in [0.29, 0.717) is 12.4 Å². The van der Waals surface area contributed by atoms with Crippen molar-refractivity contribution in [2.24, 2.45) is 0 Å². The third-order valence-electron chi connectivity index (χ3n) is 1.90. The van der Waals surface area contributed by atoms with Crippen LogP contribution in [0.5, 0.6) is 5.88 Å². The first-order valence-electron chi connectivity index (χ1n) is 5.30. The molecule has 0 amide bonds. The molecule has 0 aromatic carbocycles. The molecule has 102 valence electrons. The quantitative estimate of drug-likeness (QED) is 0.771. The van der Waals surface area contributed by atoms with Crippen molar-refractivity contribution in [1.29, 1.82) is 0 Å². The Kier molecular flexibility index (Phi) is 5.11. The number of nitrogens with zero attached hydrogens (tertiary/aromatic N) is 2. The Labute approximate surface area is 101 Å². The number of nitrogens with one attached hydrogen (secondary N) is 1. The first-order chi connectivity index (χ1) is 8.45. The molecule has 0 aliphatic carbocycles. The van der Waals surface area contributed by atoms with E-state index in [-0.39, 0.29) is 5.88 Å². The minimum Gasteiger partial charge on any atom is -0.470 e. The van der Waals surface area contributed by atoms with Crippen LogP contribution in [-0.4, -0.2) is 35.5 Å². The van der Waals surface area contributed by atoms with Crippen molar-refractivity contribution in [3.8, 4) is 5.88 Å². The Morgan fingerprint density at radius 1 is 1.39 bits per heavy atom. The van der Waals surface area contributed by atoms with Gasteiger partial charge in [0.1, 0.15) is 5.82 Å². The summed E-state index contributed by atoms with van der Waals surface area (Å²) < 4.78 is 53.5. The topological polar surface area (TPSA) is 47.0 Å². The molecule has 0 fully saturated rings. The van der Waals surface area contributed by atoms with Crippen LogP contribution in [-0.2, 0) is 0 Å². The molecule has 0 radical (unpaired) electrons. The molecule has 0 unspecified atom stereocenters. The van der Waals surface area contributed by atoms with Crippen molar-refractivity contribution in [2.45, 2.75) is 25.7 Å². The summed E-state index contributed by atoms with van der Waals surface area (Å²) >= 11 is 0. The molecular weight excluding hydrogens is 254 g/mol. The van der Waals surface area contributed by atoms with Crippen LogP contribution in [0.1, 0.15) is 13.3 Å². The van der Waals surface area contributed by atoms with Crippen molar-refractivity contribution in [3.63, 3.8) is 0 Å². The van der Waals surface area contributed by atoms with Gasteiger partial charge in [0.15, 0.2) is 6.61 Å². The SMILES string of the molecule is CCCNc1cncc(OCC(F)(F)C(F)F)n1. The summed E-state index contributed by atoms with van der Waals surface area (Å²) in [6, 6.07) is 0. The van der Waals surface area contributed by atoms with Crippen molar-refractivity contribution in [1.82, 2.24) is 9.97 Å². The highest BCUT2D eigenvalue weighted by molar-refractivity contribution is 5.32. The monoisotopic (exact) mass is 267 g/mol. The maximum absolute atomic E-state index is 12.6. The average molecular weight is 267 g/mol. The Hall–Kier alpha value is -1.60. The first kappa shape index (κ1) is 14.5. The fraction of sp³-hybridized carbons (Fsp3) is 0.600. The molecule has 18 heavy (non-hydrogen) atoms. The second-order valence-corrected chi connectivity index (χ2v) is 3.52. The molecule has 1 rings (SSSR count). The highest BCUT2D eigenvalue weighted by Gasteiger charge is 2.41. The molecule has 0 saturated carbocycles. The third-order valence-corrected chi connectivity index (χ3v) is 1.90. The highest BCUT2D eigenvalue weighted by atomic mass is 19.3. The lowest BCUT2D eigenvalue weighted by atomic mass is 10.4. The molecule has 0 bridgehead atoms. The van der Waals surface area contributed by atoms with Gasteiger partial charge in [0.25, 0.3) is 0 Å². The summed E-state index contributed by atoms with van der Waals surface area (Å²) in [5.74, 6) is -4.08. The van der Waals surface area contributed by atoms with Gasteiger partial charge in [-0.1, -0.05) is 6.92 Å². The summed E-state index contributed by atoms with van der Waals surface area (Å²) in [5.41, 5.74) is 0. The van der Waals surface area contributed by atoms with Crippen LogP contribution in [0.4, 0.5) is 23.4 Å². The van der Waals surface area contributed by atoms with Gasteiger partial charge in [0, 0.05) is 6.54 Å². The number of halogens is 4. The van der Waals surface area contributed by atoms with Gasteiger partial charge < -0.3 is 10.1 Å². The van der Waals surface area contributed by atoms with Crippen LogP contribution in [0.15, 0.2) is 12.4 Å². The standard InChI is InChI=1S/C10H13F4N3O/c1-2-3-16-7-4-15-5-8(17-7)18-6-10(13,14)9(11)12/h4-5,9H,2-3,6H2,1H3,(H,16,17). The number of hydrogen-bond acceptors (Lipinski definition) is 4. The van der Waals surface area contributed by atoms with E-state index in [1.807, 2.05) is 6.92 Å². The van der Waals surface area contributed by atoms with Gasteiger partial charge in [-0.2, -0.15) is 13.8 Å². The number of alkyl halides is 4. The van der Waals surface area contributed by atoms with Crippen LogP contribution < -0.4 is 10.1 Å². The molecular formula is C10H13F4N3O. The van der Waals surface area contributed by atoms with Gasteiger partial charge in [-0.15, -0.1) is 0 Å². The fourth-order valence-electron chi connectivity index (χ4n) is 0.989. The predicted molar refractivity (Wildman–Crippen MR) is 57.3 cm³/mol. The van der Waals surface area contributed by atoms with Crippen LogP contribution >= 0.6 is 0 Å². The molecule has 4 nitrogen and oxygen atoms in total. The average Bonchev–Trinajstić information content (AvgIpc) is 2.34. The summed E-state index contributed by atoms with van der Waals surface area (Å²) in [7, 11) is 0. The van der Waals surface area contributed by atoms with Crippen LogP contribution in [0.25, 0.3) is 0 Å². The van der Waals surface area contributed by atoms with Crippen molar-refractivity contribution >= 4 is 5.82 Å². The number of hydrogen-bond donors (Lipinski definition) is 1. The van der Waals surface area contributed by atoms with Crippen LogP contribution in [0, 0.1) is 0 Å².